The van der Waals surface area contributed by atoms with Crippen LogP contribution in [0.4, 0.5) is 0 Å². The first-order valence-corrected chi connectivity index (χ1v) is 8.61. The van der Waals surface area contributed by atoms with E-state index in [1.165, 1.54) is 22.5 Å². The van der Waals surface area contributed by atoms with Crippen molar-refractivity contribution < 1.29 is 18.3 Å². The molecule has 0 bridgehead atoms. The lowest BCUT2D eigenvalue weighted by Crippen LogP contribution is -2.44. The number of hydrogen-bond donors (Lipinski definition) is 1. The van der Waals surface area contributed by atoms with Gasteiger partial charge in [-0.15, -0.1) is 0 Å². The summed E-state index contributed by atoms with van der Waals surface area (Å²) in [6, 6.07) is 5.24. The van der Waals surface area contributed by atoms with Gasteiger partial charge in [0.25, 0.3) is 0 Å². The Morgan fingerprint density at radius 1 is 1.45 bits per heavy atom. The van der Waals surface area contributed by atoms with Crippen molar-refractivity contribution in [1.82, 2.24) is 4.31 Å². The molecule has 1 saturated heterocycles. The number of halogens is 1. The molecule has 0 saturated carbocycles. The number of carboxylic acids is 1. The number of sulfonamides is 1. The Bertz CT molecular complexity index is 727. The number of nitriles is 1. The molecule has 6 nitrogen and oxygen atoms in total. The van der Waals surface area contributed by atoms with Crippen LogP contribution in [-0.2, 0) is 14.8 Å². The SMILES string of the molecule is N#Cc1cc(Cl)ccc1S(=O)(=O)N1CCCCC1CC(=O)O. The minimum absolute atomic E-state index is 0.0350. The molecule has 1 aromatic carbocycles. The molecule has 1 unspecified atom stereocenters. The molecule has 0 aromatic heterocycles. The summed E-state index contributed by atoms with van der Waals surface area (Å²) in [5, 5.41) is 18.4. The van der Waals surface area contributed by atoms with Crippen LogP contribution < -0.4 is 0 Å². The van der Waals surface area contributed by atoms with Crippen molar-refractivity contribution in [3.8, 4) is 6.07 Å². The molecule has 1 N–H and O–H groups in total. The maximum Gasteiger partial charge on any atom is 0.304 e. The van der Waals surface area contributed by atoms with E-state index in [-0.39, 0.29) is 28.4 Å². The molecule has 22 heavy (non-hydrogen) atoms. The third kappa shape index (κ3) is 3.40. The van der Waals surface area contributed by atoms with Crippen molar-refractivity contribution in [3.63, 3.8) is 0 Å². The molecule has 0 radical (unpaired) electrons. The highest BCUT2D eigenvalue weighted by molar-refractivity contribution is 7.89. The summed E-state index contributed by atoms with van der Waals surface area (Å²) in [6.45, 7) is 0.258. The molecular formula is C14H15ClN2O4S. The molecule has 1 aliphatic rings. The van der Waals surface area contributed by atoms with Gasteiger partial charge in [-0.1, -0.05) is 18.0 Å². The second-order valence-electron chi connectivity index (χ2n) is 5.12. The molecule has 8 heteroatoms. The number of nitrogens with zero attached hydrogens (tertiary/aromatic N) is 2. The highest BCUT2D eigenvalue weighted by Gasteiger charge is 2.35. The highest BCUT2D eigenvalue weighted by atomic mass is 35.5. The van der Waals surface area contributed by atoms with Crippen LogP contribution in [0, 0.1) is 11.3 Å². The summed E-state index contributed by atoms with van der Waals surface area (Å²) < 4.78 is 26.8. The summed E-state index contributed by atoms with van der Waals surface area (Å²) in [5.41, 5.74) is -0.0350. The lowest BCUT2D eigenvalue weighted by atomic mass is 10.0. The van der Waals surface area contributed by atoms with Crippen LogP contribution in [0.1, 0.15) is 31.2 Å². The fraction of sp³-hybridized carbons (Fsp3) is 0.429. The second-order valence-corrected chi connectivity index (χ2v) is 7.41. The van der Waals surface area contributed by atoms with Crippen LogP contribution in [0.2, 0.25) is 5.02 Å². The molecular weight excluding hydrogens is 328 g/mol. The average molecular weight is 343 g/mol. The average Bonchev–Trinajstić information content (AvgIpc) is 2.46. The van der Waals surface area contributed by atoms with Gasteiger partial charge in [-0.2, -0.15) is 9.57 Å². The van der Waals surface area contributed by atoms with Gasteiger partial charge < -0.3 is 5.11 Å². The van der Waals surface area contributed by atoms with Crippen molar-refractivity contribution in [2.75, 3.05) is 6.54 Å². The summed E-state index contributed by atoms with van der Waals surface area (Å²) in [6.07, 6.45) is 1.72. The summed E-state index contributed by atoms with van der Waals surface area (Å²) in [4.78, 5) is 10.8. The fourth-order valence-electron chi connectivity index (χ4n) is 2.64. The predicted octanol–water partition coefficient (Wildman–Crippen LogP) is 2.23. The van der Waals surface area contributed by atoms with E-state index in [2.05, 4.69) is 0 Å². The fourth-order valence-corrected chi connectivity index (χ4v) is 4.63. The first-order valence-electron chi connectivity index (χ1n) is 6.79. The van der Waals surface area contributed by atoms with Crippen molar-refractivity contribution in [3.05, 3.63) is 28.8 Å². The summed E-state index contributed by atoms with van der Waals surface area (Å²) >= 11 is 5.79. The Hall–Kier alpha value is -1.62. The molecule has 2 rings (SSSR count). The Morgan fingerprint density at radius 3 is 2.82 bits per heavy atom. The van der Waals surface area contributed by atoms with E-state index in [0.29, 0.717) is 12.8 Å². The molecule has 0 spiro atoms. The van der Waals surface area contributed by atoms with Crippen LogP contribution in [-0.4, -0.2) is 36.4 Å². The van der Waals surface area contributed by atoms with Crippen LogP contribution >= 0.6 is 11.6 Å². The minimum Gasteiger partial charge on any atom is -0.481 e. The normalized spacial score (nSPS) is 19.5. The monoisotopic (exact) mass is 342 g/mol. The van der Waals surface area contributed by atoms with Crippen molar-refractivity contribution in [2.45, 2.75) is 36.6 Å². The maximum atomic E-state index is 12.8. The van der Waals surface area contributed by atoms with Crippen molar-refractivity contribution >= 4 is 27.6 Å². The second kappa shape index (κ2) is 6.65. The van der Waals surface area contributed by atoms with Gasteiger partial charge in [0.05, 0.1) is 12.0 Å². The van der Waals surface area contributed by atoms with E-state index in [0.717, 1.165) is 6.42 Å². The number of carboxylic acid groups (broad SMARTS) is 1. The standard InChI is InChI=1S/C14H15ClN2O4S/c15-11-4-5-13(10(7-11)9-16)22(20,21)17-6-2-1-3-12(17)8-14(18)19/h4-5,7,12H,1-3,6,8H2,(H,18,19). The first kappa shape index (κ1) is 16.7. The molecule has 1 fully saturated rings. The van der Waals surface area contributed by atoms with Crippen LogP contribution in [0.15, 0.2) is 23.1 Å². The summed E-state index contributed by atoms with van der Waals surface area (Å²) in [5.74, 6) is -1.04. The third-order valence-electron chi connectivity index (χ3n) is 3.63. The Kier molecular flexibility index (Phi) is 5.06. The number of hydrogen-bond acceptors (Lipinski definition) is 4. The van der Waals surface area contributed by atoms with Gasteiger partial charge in [0, 0.05) is 17.6 Å². The largest absolute Gasteiger partial charge is 0.481 e. The number of carbonyl (C=O) groups is 1. The third-order valence-corrected chi connectivity index (χ3v) is 5.88. The molecule has 1 heterocycles. The van der Waals surface area contributed by atoms with Gasteiger partial charge in [0.15, 0.2) is 0 Å². The maximum absolute atomic E-state index is 12.8. The van der Waals surface area contributed by atoms with Crippen LogP contribution in [0.3, 0.4) is 0 Å². The van der Waals surface area contributed by atoms with E-state index in [1.54, 1.807) is 0 Å². The zero-order valence-electron chi connectivity index (χ0n) is 11.7. The van der Waals surface area contributed by atoms with Crippen LogP contribution in [0.25, 0.3) is 0 Å². The van der Waals surface area contributed by atoms with Gasteiger partial charge in [0.2, 0.25) is 10.0 Å². The number of aliphatic carboxylic acids is 1. The minimum atomic E-state index is -3.93. The van der Waals surface area contributed by atoms with Crippen LogP contribution in [0.5, 0.6) is 0 Å². The van der Waals surface area contributed by atoms with E-state index < -0.39 is 22.0 Å². The Morgan fingerprint density at radius 2 is 2.18 bits per heavy atom. The molecule has 0 aliphatic carbocycles. The Balaban J connectivity index is 2.44. The lowest BCUT2D eigenvalue weighted by Gasteiger charge is -2.34. The number of benzene rings is 1. The molecule has 0 amide bonds. The molecule has 1 atom stereocenters. The summed E-state index contributed by atoms with van der Waals surface area (Å²) in [7, 11) is -3.93. The van der Waals surface area contributed by atoms with Crippen molar-refractivity contribution in [1.29, 1.82) is 5.26 Å². The zero-order valence-corrected chi connectivity index (χ0v) is 13.3. The predicted molar refractivity (Wildman–Crippen MR) is 80.0 cm³/mol. The molecule has 1 aliphatic heterocycles. The molecule has 118 valence electrons. The van der Waals surface area contributed by atoms with Gasteiger partial charge >= 0.3 is 5.97 Å². The van der Waals surface area contributed by atoms with Crippen molar-refractivity contribution in [2.24, 2.45) is 0 Å². The quantitative estimate of drug-likeness (QED) is 0.904. The smallest absolute Gasteiger partial charge is 0.304 e. The number of piperidine rings is 1. The first-order chi connectivity index (χ1) is 10.4. The van der Waals surface area contributed by atoms with E-state index >= 15 is 0 Å². The topological polar surface area (TPSA) is 98.5 Å². The van der Waals surface area contributed by atoms with Gasteiger partial charge in [-0.05, 0) is 31.0 Å². The van der Waals surface area contributed by atoms with Gasteiger partial charge in [-0.25, -0.2) is 8.42 Å². The van der Waals surface area contributed by atoms with Gasteiger partial charge in [0.1, 0.15) is 11.0 Å². The highest BCUT2D eigenvalue weighted by Crippen LogP contribution is 2.29. The van der Waals surface area contributed by atoms with Gasteiger partial charge in [-0.3, -0.25) is 4.79 Å². The molecule has 1 aromatic rings. The van der Waals surface area contributed by atoms with E-state index in [9.17, 15) is 13.2 Å². The zero-order chi connectivity index (χ0) is 16.3. The van der Waals surface area contributed by atoms with E-state index in [1.807, 2.05) is 6.07 Å². The number of rotatable bonds is 4. The van der Waals surface area contributed by atoms with E-state index in [4.69, 9.17) is 22.0 Å². The lowest BCUT2D eigenvalue weighted by molar-refractivity contribution is -0.138. The Labute approximate surface area is 134 Å².